The molecule has 0 unspecified atom stereocenters. The standard InChI is InChI=1S/C52H39NO/c1-34-14-10-11-19-41(34)42-20-12-21-45-50(42)43-30-29-40(33-46(43)52(45,2)3)53(39-27-24-37(25-28-39)35-15-6-4-7-16-35)47-22-13-23-49-51(47)44-32-38(26-31-48(44)54-49)36-17-8-5-9-18-36/h4-33H,1-3H3/i4D,5D,6D,7D,8D,9D,10D,11D,12D,13D,14D,15D,16D,17D,18D,19D,20D,21D,22D,23D,24D,25D,26D,27D,28D,29D,30D,31D,32D,33D. The number of anilines is 3. The largest absolute Gasteiger partial charge is 0.456 e. The molecule has 10 rings (SSSR count). The van der Waals surface area contributed by atoms with Crippen molar-refractivity contribution in [2.24, 2.45) is 0 Å². The Morgan fingerprint density at radius 1 is 0.481 bits per heavy atom. The first-order chi connectivity index (χ1) is 39.0. The quantitative estimate of drug-likeness (QED) is 0.170. The number of benzene rings is 8. The zero-order valence-electron chi connectivity index (χ0n) is 58.4. The maximum absolute atomic E-state index is 10.4. The van der Waals surface area contributed by atoms with Crippen molar-refractivity contribution in [1.82, 2.24) is 0 Å². The number of rotatable bonds is 6. The predicted octanol–water partition coefficient (Wildman–Crippen LogP) is 14.7. The second-order valence-corrected chi connectivity index (χ2v) is 12.6. The third-order valence-electron chi connectivity index (χ3n) is 9.13. The summed E-state index contributed by atoms with van der Waals surface area (Å²) in [6, 6.07) is -27.7. The van der Waals surface area contributed by atoms with Crippen LogP contribution < -0.4 is 4.90 Å². The Morgan fingerprint density at radius 2 is 1.11 bits per heavy atom. The van der Waals surface area contributed by atoms with Gasteiger partial charge < -0.3 is 9.32 Å². The van der Waals surface area contributed by atoms with Crippen LogP contribution in [0.3, 0.4) is 0 Å². The molecule has 0 amide bonds. The van der Waals surface area contributed by atoms with Crippen molar-refractivity contribution in [3.8, 4) is 44.5 Å². The highest BCUT2D eigenvalue weighted by Gasteiger charge is 2.38. The van der Waals surface area contributed by atoms with Crippen molar-refractivity contribution < 1.29 is 45.5 Å². The van der Waals surface area contributed by atoms with E-state index in [1.165, 1.54) is 20.8 Å². The number of hydrogen-bond acceptors (Lipinski definition) is 2. The molecule has 0 saturated heterocycles. The van der Waals surface area contributed by atoms with Gasteiger partial charge in [0.1, 0.15) is 11.2 Å². The van der Waals surface area contributed by atoms with Gasteiger partial charge in [0.2, 0.25) is 0 Å². The molecule has 258 valence electrons. The predicted molar refractivity (Wildman–Crippen MR) is 227 cm³/mol. The molecule has 2 heteroatoms. The Bertz CT molecular complexity index is 4490. The fourth-order valence-electron chi connectivity index (χ4n) is 6.59. The second kappa shape index (κ2) is 12.5. The first-order valence-corrected chi connectivity index (χ1v) is 16.3. The van der Waals surface area contributed by atoms with Crippen molar-refractivity contribution in [3.05, 3.63) is 198 Å². The average Bonchev–Trinajstić information content (AvgIpc) is 3.28. The zero-order valence-corrected chi connectivity index (χ0v) is 28.4. The lowest BCUT2D eigenvalue weighted by Gasteiger charge is -2.28. The van der Waals surface area contributed by atoms with Gasteiger partial charge in [-0.05, 0) is 116 Å². The van der Waals surface area contributed by atoms with Crippen LogP contribution in [0.5, 0.6) is 0 Å². The summed E-state index contributed by atoms with van der Waals surface area (Å²) in [4.78, 5) is 0.541. The van der Waals surface area contributed by atoms with Gasteiger partial charge in [0.05, 0.1) is 52.2 Å². The Labute approximate surface area is 358 Å². The van der Waals surface area contributed by atoms with Crippen LogP contribution in [0, 0.1) is 6.92 Å². The summed E-state index contributed by atoms with van der Waals surface area (Å²) in [6.07, 6.45) is 0. The molecule has 2 nitrogen and oxygen atoms in total. The lowest BCUT2D eigenvalue weighted by Crippen LogP contribution is -2.16. The van der Waals surface area contributed by atoms with E-state index in [-0.39, 0.29) is 38.9 Å². The topological polar surface area (TPSA) is 16.4 Å². The molecule has 54 heavy (non-hydrogen) atoms. The first-order valence-electron chi connectivity index (χ1n) is 31.3. The molecule has 1 aliphatic carbocycles. The highest BCUT2D eigenvalue weighted by Crippen LogP contribution is 2.54. The van der Waals surface area contributed by atoms with Crippen LogP contribution in [-0.4, -0.2) is 0 Å². The van der Waals surface area contributed by atoms with Crippen molar-refractivity contribution in [2.45, 2.75) is 26.2 Å². The van der Waals surface area contributed by atoms with Crippen LogP contribution in [0.4, 0.5) is 17.1 Å². The summed E-state index contributed by atoms with van der Waals surface area (Å²) in [7, 11) is 0. The lowest BCUT2D eigenvalue weighted by atomic mass is 9.81. The molecule has 1 aliphatic rings. The fraction of sp³-hybridized carbons (Fsp3) is 0.0769. The third-order valence-corrected chi connectivity index (χ3v) is 9.13. The van der Waals surface area contributed by atoms with Crippen molar-refractivity contribution >= 4 is 39.0 Å². The maximum Gasteiger partial charge on any atom is 0.137 e. The Hall–Kier alpha value is -6.64. The molecule has 1 aromatic heterocycles. The summed E-state index contributed by atoms with van der Waals surface area (Å²) in [5, 5.41) is -1.43. The average molecular weight is 724 g/mol. The van der Waals surface area contributed by atoms with Crippen LogP contribution in [0.25, 0.3) is 66.4 Å². The minimum atomic E-state index is -1.83. The van der Waals surface area contributed by atoms with E-state index in [9.17, 15) is 17.8 Å². The number of hydrogen-bond donors (Lipinski definition) is 0. The molecule has 9 aromatic rings. The van der Waals surface area contributed by atoms with Crippen molar-refractivity contribution in [1.29, 1.82) is 0 Å². The molecule has 0 N–H and O–H groups in total. The number of furan rings is 1. The lowest BCUT2D eigenvalue weighted by molar-refractivity contribution is 0.660. The molecular weight excluding hydrogens is 655 g/mol. The summed E-state index contributed by atoms with van der Waals surface area (Å²) in [6.45, 7) is 4.16. The summed E-state index contributed by atoms with van der Waals surface area (Å²) in [5.74, 6) is 0. The van der Waals surface area contributed by atoms with Gasteiger partial charge in [-0.15, -0.1) is 0 Å². The minimum Gasteiger partial charge on any atom is -0.456 e. The number of fused-ring (bicyclic) bond motifs is 6. The molecular formula is C52H39NO. The normalized spacial score (nSPS) is 20.6. The van der Waals surface area contributed by atoms with Crippen LogP contribution >= 0.6 is 0 Å². The fourth-order valence-corrected chi connectivity index (χ4v) is 6.59. The van der Waals surface area contributed by atoms with Gasteiger partial charge in [0, 0.05) is 22.2 Å². The van der Waals surface area contributed by atoms with Crippen LogP contribution in [-0.2, 0) is 5.41 Å². The summed E-state index contributed by atoms with van der Waals surface area (Å²) in [5.41, 5.74) is -11.6. The Morgan fingerprint density at radius 3 is 1.89 bits per heavy atom. The van der Waals surface area contributed by atoms with Crippen LogP contribution in [0.15, 0.2) is 186 Å². The number of nitrogens with zero attached hydrogens (tertiary/aromatic N) is 1. The summed E-state index contributed by atoms with van der Waals surface area (Å²) >= 11 is 0. The molecule has 0 radical (unpaired) electrons. The van der Waals surface area contributed by atoms with Gasteiger partial charge in [-0.25, -0.2) is 0 Å². The summed E-state index contributed by atoms with van der Waals surface area (Å²) < 4.78 is 279. The van der Waals surface area contributed by atoms with Crippen LogP contribution in [0.1, 0.15) is 71.7 Å². The molecule has 0 aliphatic heterocycles. The molecule has 1 heterocycles. The highest BCUT2D eigenvalue weighted by molar-refractivity contribution is 6.14. The molecule has 0 fully saturated rings. The molecule has 8 aromatic carbocycles. The van der Waals surface area contributed by atoms with Gasteiger partial charge in [-0.1, -0.05) is 147 Å². The smallest absolute Gasteiger partial charge is 0.137 e. The minimum absolute atomic E-state index is 0.123. The van der Waals surface area contributed by atoms with E-state index in [1.54, 1.807) is 0 Å². The van der Waals surface area contributed by atoms with Gasteiger partial charge in [0.25, 0.3) is 0 Å². The molecule has 0 spiro atoms. The van der Waals surface area contributed by atoms with Gasteiger partial charge >= 0.3 is 0 Å². The van der Waals surface area contributed by atoms with Gasteiger partial charge in [0.15, 0.2) is 0 Å². The third kappa shape index (κ3) is 5.09. The van der Waals surface area contributed by atoms with E-state index < -0.39 is 248 Å². The van der Waals surface area contributed by atoms with Crippen molar-refractivity contribution in [2.75, 3.05) is 4.90 Å². The zero-order chi connectivity index (χ0) is 62.5. The van der Waals surface area contributed by atoms with E-state index in [0.717, 1.165) is 0 Å². The van der Waals surface area contributed by atoms with Gasteiger partial charge in [-0.3, -0.25) is 0 Å². The van der Waals surface area contributed by atoms with E-state index in [2.05, 4.69) is 0 Å². The molecule has 0 atom stereocenters. The molecule has 0 bridgehead atoms. The van der Waals surface area contributed by atoms with Gasteiger partial charge in [-0.2, -0.15) is 0 Å². The maximum atomic E-state index is 10.4. The van der Waals surface area contributed by atoms with Crippen LogP contribution in [0.2, 0.25) is 0 Å². The monoisotopic (exact) mass is 723 g/mol. The SMILES string of the molecule is [2H]c1c([2H])c([2H])c(-c2c([2H])c([2H])c(N(c3c([2H])c([2H])c4c(c3[2H])C(C)(C)c3c([2H])c([2H])c([2H])c(-c5c([2H])c([2H])c([2H])c([2H])c5C)c3-4)c3c([2H])c([2H])c([2H])c4oc5c([2H])c([2H])c(-c6c([2H])c([2H])c([2H])c([2H])c6[2H])c([2H])c5c34)c([2H])c2[2H])c([2H])c1[2H]. The second-order valence-electron chi connectivity index (χ2n) is 12.6. The Kier molecular flexibility index (Phi) is 3.16. The molecule has 0 saturated carbocycles. The highest BCUT2D eigenvalue weighted by atomic mass is 16.3. The van der Waals surface area contributed by atoms with Crippen molar-refractivity contribution in [3.63, 3.8) is 0 Å². The van der Waals surface area contributed by atoms with E-state index >= 15 is 0 Å². The van der Waals surface area contributed by atoms with E-state index in [1.807, 2.05) is 0 Å². The Balaban J connectivity index is 1.45. The van der Waals surface area contributed by atoms with E-state index in [4.69, 9.17) is 27.7 Å². The first kappa shape index (κ1) is 13.6. The van der Waals surface area contributed by atoms with E-state index in [0.29, 0.717) is 4.90 Å².